The number of benzene rings is 3. The van der Waals surface area contributed by atoms with Gasteiger partial charge in [-0.1, -0.05) is 30.3 Å². The third-order valence-electron chi connectivity index (χ3n) is 5.68. The average molecular weight is 498 g/mol. The lowest BCUT2D eigenvalue weighted by molar-refractivity contribution is -0.117. The maximum atomic E-state index is 13.4. The summed E-state index contributed by atoms with van der Waals surface area (Å²) in [6, 6.07) is 19.3. The topological polar surface area (TPSA) is 117 Å². The highest BCUT2D eigenvalue weighted by Crippen LogP contribution is 2.27. The Kier molecular flexibility index (Phi) is 6.14. The molecule has 0 radical (unpaired) electrons. The predicted molar refractivity (Wildman–Crippen MR) is 137 cm³/mol. The molecule has 37 heavy (non-hydrogen) atoms. The molecular weight excluding hydrogens is 474 g/mol. The fourth-order valence-corrected chi connectivity index (χ4v) is 4.15. The van der Waals surface area contributed by atoms with Crippen LogP contribution in [-0.4, -0.2) is 38.2 Å². The Bertz CT molecular complexity index is 1720. The van der Waals surface area contributed by atoms with E-state index in [1.54, 1.807) is 36.4 Å². The monoisotopic (exact) mass is 497 g/mol. The van der Waals surface area contributed by atoms with E-state index in [9.17, 15) is 14.4 Å². The highest BCUT2D eigenvalue weighted by Gasteiger charge is 2.20. The summed E-state index contributed by atoms with van der Waals surface area (Å²) < 4.78 is 13.3. The number of nitrogens with zero attached hydrogens (tertiary/aromatic N) is 4. The molecule has 0 saturated heterocycles. The summed E-state index contributed by atoms with van der Waals surface area (Å²) in [5.41, 5.74) is 3.19. The number of hydrogen-bond acceptors (Lipinski definition) is 7. The van der Waals surface area contributed by atoms with Crippen molar-refractivity contribution in [1.29, 1.82) is 0 Å². The van der Waals surface area contributed by atoms with Crippen molar-refractivity contribution >= 4 is 34.2 Å². The van der Waals surface area contributed by atoms with Gasteiger partial charge in [-0.25, -0.2) is 23.7 Å². The minimum atomic E-state index is -0.591. The molecule has 0 spiro atoms. The number of amides is 1. The predicted octanol–water partition coefficient (Wildman–Crippen LogP) is 3.88. The number of anilines is 1. The van der Waals surface area contributed by atoms with Crippen LogP contribution in [0.5, 0.6) is 11.6 Å². The molecule has 2 heterocycles. The van der Waals surface area contributed by atoms with Crippen LogP contribution in [0, 0.1) is 13.8 Å². The number of aromatic nitrogens is 4. The summed E-state index contributed by atoms with van der Waals surface area (Å²) >= 11 is 0. The Hall–Kier alpha value is -4.99. The van der Waals surface area contributed by atoms with E-state index in [1.165, 1.54) is 17.6 Å². The lowest BCUT2D eigenvalue weighted by atomic mass is 10.1. The van der Waals surface area contributed by atoms with Crippen LogP contribution in [0.2, 0.25) is 0 Å². The first-order chi connectivity index (χ1) is 17.8. The zero-order chi connectivity index (χ0) is 26.1. The fraction of sp³-hybridized carbons (Fsp3) is 0.148. The molecule has 5 aromatic rings. The molecule has 5 rings (SSSR count). The highest BCUT2D eigenvalue weighted by atomic mass is 16.5. The number of hydrogen-bond donors (Lipinski definition) is 1. The molecule has 1 amide bonds. The maximum absolute atomic E-state index is 13.4. The minimum absolute atomic E-state index is 0.135. The molecule has 0 fully saturated rings. The molecule has 0 aliphatic rings. The average Bonchev–Trinajstić information content (AvgIpc) is 3.19. The van der Waals surface area contributed by atoms with Crippen molar-refractivity contribution in [3.8, 4) is 11.6 Å². The molecule has 0 bridgehead atoms. The summed E-state index contributed by atoms with van der Waals surface area (Å²) in [4.78, 5) is 42.9. The maximum Gasteiger partial charge on any atom is 0.351 e. The summed E-state index contributed by atoms with van der Waals surface area (Å²) in [6.45, 7) is 3.52. The second-order valence-corrected chi connectivity index (χ2v) is 8.52. The largest absolute Gasteiger partial charge is 0.465 e. The van der Waals surface area contributed by atoms with Gasteiger partial charge in [-0.15, -0.1) is 5.10 Å². The Morgan fingerprint density at radius 2 is 1.68 bits per heavy atom. The third kappa shape index (κ3) is 4.64. The van der Waals surface area contributed by atoms with Crippen LogP contribution in [0.15, 0.2) is 71.5 Å². The van der Waals surface area contributed by atoms with Crippen molar-refractivity contribution in [2.24, 2.45) is 0 Å². The normalized spacial score (nSPS) is 11.0. The Morgan fingerprint density at radius 3 is 2.43 bits per heavy atom. The standard InChI is InChI=1S/C27H23N5O5/c1-16-12-17(2)14-18(13-16)37-25-24-30-31(27(35)32(24)22-11-7-6-10-21(22)29-25)15-23(33)28-20-9-5-4-8-19(20)26(34)36-3/h4-14H,15H2,1-3H3,(H,28,33). The molecule has 186 valence electrons. The van der Waals surface area contributed by atoms with Crippen molar-refractivity contribution in [2.45, 2.75) is 20.4 Å². The summed E-state index contributed by atoms with van der Waals surface area (Å²) in [6.07, 6.45) is 0. The van der Waals surface area contributed by atoms with Gasteiger partial charge in [0, 0.05) is 0 Å². The molecule has 2 aromatic heterocycles. The number of fused-ring (bicyclic) bond motifs is 3. The van der Waals surface area contributed by atoms with Crippen molar-refractivity contribution < 1.29 is 19.1 Å². The molecular formula is C27H23N5O5. The third-order valence-corrected chi connectivity index (χ3v) is 5.68. The Morgan fingerprint density at radius 1 is 0.973 bits per heavy atom. The second-order valence-electron chi connectivity index (χ2n) is 8.52. The number of ether oxygens (including phenoxy) is 2. The highest BCUT2D eigenvalue weighted by molar-refractivity contribution is 6.01. The first-order valence-electron chi connectivity index (χ1n) is 11.5. The molecule has 3 aromatic carbocycles. The van der Waals surface area contributed by atoms with Crippen molar-refractivity contribution in [3.63, 3.8) is 0 Å². The van der Waals surface area contributed by atoms with Crippen molar-refractivity contribution in [2.75, 3.05) is 12.4 Å². The lowest BCUT2D eigenvalue weighted by Crippen LogP contribution is -2.28. The molecule has 0 atom stereocenters. The van der Waals surface area contributed by atoms with Crippen molar-refractivity contribution in [1.82, 2.24) is 19.2 Å². The van der Waals surface area contributed by atoms with Gasteiger partial charge in [0.05, 0.1) is 29.4 Å². The lowest BCUT2D eigenvalue weighted by Gasteiger charge is -2.09. The molecule has 1 N–H and O–H groups in total. The minimum Gasteiger partial charge on any atom is -0.465 e. The van der Waals surface area contributed by atoms with Gasteiger partial charge in [-0.3, -0.25) is 4.79 Å². The smallest absolute Gasteiger partial charge is 0.351 e. The Labute approximate surface area is 211 Å². The summed E-state index contributed by atoms with van der Waals surface area (Å²) in [5, 5.41) is 7.04. The van der Waals surface area contributed by atoms with Gasteiger partial charge in [0.2, 0.25) is 11.6 Å². The van der Waals surface area contributed by atoms with Crippen LogP contribution < -0.4 is 15.7 Å². The number of carbonyl (C=O) groups is 2. The zero-order valence-corrected chi connectivity index (χ0v) is 20.4. The van der Waals surface area contributed by atoms with Gasteiger partial charge in [0.1, 0.15) is 12.3 Å². The van der Waals surface area contributed by atoms with Gasteiger partial charge >= 0.3 is 11.7 Å². The van der Waals surface area contributed by atoms with Gasteiger partial charge in [-0.2, -0.15) is 0 Å². The van der Waals surface area contributed by atoms with Gasteiger partial charge in [0.25, 0.3) is 5.88 Å². The number of carbonyl (C=O) groups excluding carboxylic acids is 2. The van der Waals surface area contributed by atoms with E-state index in [0.29, 0.717) is 16.8 Å². The number of para-hydroxylation sites is 3. The van der Waals surface area contributed by atoms with Gasteiger partial charge in [0.15, 0.2) is 0 Å². The molecule has 0 unspecified atom stereocenters. The van der Waals surface area contributed by atoms with Crippen LogP contribution in [0.4, 0.5) is 5.69 Å². The number of aryl methyl sites for hydroxylation is 2. The van der Waals surface area contributed by atoms with E-state index in [-0.39, 0.29) is 22.8 Å². The van der Waals surface area contributed by atoms with Gasteiger partial charge < -0.3 is 14.8 Å². The zero-order valence-electron chi connectivity index (χ0n) is 20.4. The van der Waals surface area contributed by atoms with E-state index in [1.807, 2.05) is 38.1 Å². The number of rotatable bonds is 6. The summed E-state index contributed by atoms with van der Waals surface area (Å²) in [7, 11) is 1.26. The molecule has 0 aliphatic carbocycles. The van der Waals surface area contributed by atoms with Crippen LogP contribution in [0.25, 0.3) is 16.7 Å². The van der Waals surface area contributed by atoms with E-state index in [4.69, 9.17) is 9.47 Å². The molecule has 10 heteroatoms. The van der Waals surface area contributed by atoms with Crippen LogP contribution >= 0.6 is 0 Å². The quantitative estimate of drug-likeness (QED) is 0.354. The van der Waals surface area contributed by atoms with E-state index >= 15 is 0 Å². The van der Waals surface area contributed by atoms with E-state index in [2.05, 4.69) is 15.4 Å². The number of nitrogens with one attached hydrogen (secondary N) is 1. The first-order valence-corrected chi connectivity index (χ1v) is 11.5. The van der Waals surface area contributed by atoms with Crippen molar-refractivity contribution in [3.05, 3.63) is 93.9 Å². The first kappa shape index (κ1) is 23.7. The SMILES string of the molecule is COC(=O)c1ccccc1NC(=O)Cn1nc2c(Oc3cc(C)cc(C)c3)nc3ccccc3n2c1=O. The van der Waals surface area contributed by atoms with Crippen LogP contribution in [-0.2, 0) is 16.1 Å². The Balaban J connectivity index is 1.55. The number of methoxy groups -OCH3 is 1. The van der Waals surface area contributed by atoms with Gasteiger partial charge in [-0.05, 0) is 61.4 Å². The van der Waals surface area contributed by atoms with Crippen LogP contribution in [0.1, 0.15) is 21.5 Å². The fourth-order valence-electron chi connectivity index (χ4n) is 4.15. The van der Waals surface area contributed by atoms with E-state index < -0.39 is 24.1 Å². The second kappa shape index (κ2) is 9.57. The number of esters is 1. The molecule has 10 nitrogen and oxygen atoms in total. The molecule has 0 aliphatic heterocycles. The van der Waals surface area contributed by atoms with Crippen LogP contribution in [0.3, 0.4) is 0 Å². The summed E-state index contributed by atoms with van der Waals surface area (Å²) in [5.74, 6) is -0.445. The molecule has 0 saturated carbocycles. The van der Waals surface area contributed by atoms with E-state index in [0.717, 1.165) is 15.8 Å².